The number of sulfonamides is 1. The van der Waals surface area contributed by atoms with Gasteiger partial charge < -0.3 is 4.74 Å². The highest BCUT2D eigenvalue weighted by molar-refractivity contribution is 7.89. The third-order valence-corrected chi connectivity index (χ3v) is 3.86. The highest BCUT2D eigenvalue weighted by Gasteiger charge is 2.06. The number of hydrogen-bond donors (Lipinski definition) is 1. The van der Waals surface area contributed by atoms with Crippen molar-refractivity contribution < 1.29 is 13.2 Å². The molecule has 0 saturated carbocycles. The Morgan fingerprint density at radius 3 is 2.35 bits per heavy atom. The van der Waals surface area contributed by atoms with Crippen molar-refractivity contribution in [2.75, 3.05) is 18.9 Å². The SMILES string of the molecule is CCS(=O)(=O)NCCOc1c(C)cccc1C. The van der Waals surface area contributed by atoms with Crippen molar-refractivity contribution >= 4 is 10.0 Å². The first-order chi connectivity index (χ1) is 7.96. The minimum Gasteiger partial charge on any atom is -0.492 e. The fourth-order valence-corrected chi connectivity index (χ4v) is 2.08. The minimum absolute atomic E-state index is 0.0936. The third kappa shape index (κ3) is 4.36. The smallest absolute Gasteiger partial charge is 0.211 e. The Morgan fingerprint density at radius 2 is 1.82 bits per heavy atom. The topological polar surface area (TPSA) is 55.4 Å². The molecule has 96 valence electrons. The van der Waals surface area contributed by atoms with E-state index < -0.39 is 10.0 Å². The van der Waals surface area contributed by atoms with Crippen LogP contribution in [0.15, 0.2) is 18.2 Å². The van der Waals surface area contributed by atoms with Crippen LogP contribution < -0.4 is 9.46 Å². The lowest BCUT2D eigenvalue weighted by Gasteiger charge is -2.12. The minimum atomic E-state index is -3.12. The summed E-state index contributed by atoms with van der Waals surface area (Å²) in [4.78, 5) is 0. The van der Waals surface area contributed by atoms with Gasteiger partial charge in [0.05, 0.1) is 5.75 Å². The van der Waals surface area contributed by atoms with Crippen molar-refractivity contribution in [1.29, 1.82) is 0 Å². The molecule has 0 radical (unpaired) electrons. The maximum Gasteiger partial charge on any atom is 0.211 e. The van der Waals surface area contributed by atoms with Gasteiger partial charge in [-0.1, -0.05) is 18.2 Å². The van der Waals surface area contributed by atoms with Crippen molar-refractivity contribution in [2.24, 2.45) is 0 Å². The molecule has 0 unspecified atom stereocenters. The van der Waals surface area contributed by atoms with Crippen LogP contribution in [0.5, 0.6) is 5.75 Å². The molecule has 0 saturated heterocycles. The van der Waals surface area contributed by atoms with Crippen molar-refractivity contribution in [3.05, 3.63) is 29.3 Å². The van der Waals surface area contributed by atoms with Crippen LogP contribution >= 0.6 is 0 Å². The van der Waals surface area contributed by atoms with Gasteiger partial charge in [0.15, 0.2) is 0 Å². The standard InChI is InChI=1S/C12H19NO3S/c1-4-17(14,15)13-8-9-16-12-10(2)6-5-7-11(12)3/h5-7,13H,4,8-9H2,1-3H3. The molecule has 0 spiro atoms. The number of nitrogens with one attached hydrogen (secondary N) is 1. The second kappa shape index (κ2) is 6.02. The molecule has 0 bridgehead atoms. The Labute approximate surface area is 103 Å². The summed E-state index contributed by atoms with van der Waals surface area (Å²) >= 11 is 0. The van der Waals surface area contributed by atoms with Gasteiger partial charge in [-0.05, 0) is 31.9 Å². The largest absolute Gasteiger partial charge is 0.492 e. The molecular weight excluding hydrogens is 238 g/mol. The Balaban J connectivity index is 2.47. The Kier molecular flexibility index (Phi) is 4.96. The maximum atomic E-state index is 11.2. The molecule has 1 rings (SSSR count). The fraction of sp³-hybridized carbons (Fsp3) is 0.500. The highest BCUT2D eigenvalue weighted by Crippen LogP contribution is 2.21. The van der Waals surface area contributed by atoms with Crippen molar-refractivity contribution in [3.8, 4) is 5.75 Å². The van der Waals surface area contributed by atoms with Crippen molar-refractivity contribution in [3.63, 3.8) is 0 Å². The molecule has 0 fully saturated rings. The molecule has 1 aromatic rings. The van der Waals surface area contributed by atoms with E-state index in [9.17, 15) is 8.42 Å². The van der Waals surface area contributed by atoms with E-state index in [-0.39, 0.29) is 5.75 Å². The van der Waals surface area contributed by atoms with Crippen LogP contribution in [-0.2, 0) is 10.0 Å². The van der Waals surface area contributed by atoms with Gasteiger partial charge in [0, 0.05) is 6.54 Å². The van der Waals surface area contributed by atoms with E-state index in [1.165, 1.54) is 0 Å². The number of ether oxygens (including phenoxy) is 1. The molecule has 1 aromatic carbocycles. The summed E-state index contributed by atoms with van der Waals surface area (Å²) in [6.45, 7) is 6.18. The lowest BCUT2D eigenvalue weighted by Crippen LogP contribution is -2.29. The molecule has 4 nitrogen and oxygen atoms in total. The van der Waals surface area contributed by atoms with E-state index in [1.807, 2.05) is 32.0 Å². The van der Waals surface area contributed by atoms with Crippen LogP contribution in [0.4, 0.5) is 0 Å². The predicted octanol–water partition coefficient (Wildman–Crippen LogP) is 1.62. The van der Waals surface area contributed by atoms with Gasteiger partial charge in [-0.25, -0.2) is 13.1 Å². The Hall–Kier alpha value is -1.07. The van der Waals surface area contributed by atoms with E-state index in [0.717, 1.165) is 16.9 Å². The summed E-state index contributed by atoms with van der Waals surface area (Å²) in [6, 6.07) is 5.91. The summed E-state index contributed by atoms with van der Waals surface area (Å²) in [6.07, 6.45) is 0. The number of aryl methyl sites for hydroxylation is 2. The molecule has 0 amide bonds. The van der Waals surface area contributed by atoms with Gasteiger partial charge in [-0.3, -0.25) is 0 Å². The van der Waals surface area contributed by atoms with E-state index in [4.69, 9.17) is 4.74 Å². The van der Waals surface area contributed by atoms with Crippen LogP contribution in [-0.4, -0.2) is 27.3 Å². The van der Waals surface area contributed by atoms with Crippen LogP contribution in [0.2, 0.25) is 0 Å². The quantitative estimate of drug-likeness (QED) is 0.788. The van der Waals surface area contributed by atoms with Crippen LogP contribution in [0, 0.1) is 13.8 Å². The summed E-state index contributed by atoms with van der Waals surface area (Å²) in [7, 11) is -3.12. The summed E-state index contributed by atoms with van der Waals surface area (Å²) in [5.74, 6) is 0.930. The number of hydrogen-bond acceptors (Lipinski definition) is 3. The second-order valence-electron chi connectivity index (χ2n) is 3.87. The summed E-state index contributed by atoms with van der Waals surface area (Å²) in [5, 5.41) is 0. The van der Waals surface area contributed by atoms with E-state index in [1.54, 1.807) is 6.92 Å². The molecule has 0 atom stereocenters. The third-order valence-electron chi connectivity index (χ3n) is 2.46. The van der Waals surface area contributed by atoms with E-state index in [2.05, 4.69) is 4.72 Å². The number of rotatable bonds is 6. The molecule has 0 aliphatic rings. The zero-order valence-electron chi connectivity index (χ0n) is 10.5. The first kappa shape index (κ1) is 14.0. The normalized spacial score (nSPS) is 11.5. The molecular formula is C12H19NO3S. The van der Waals surface area contributed by atoms with Gasteiger partial charge in [-0.15, -0.1) is 0 Å². The first-order valence-electron chi connectivity index (χ1n) is 5.62. The van der Waals surface area contributed by atoms with Crippen LogP contribution in [0.1, 0.15) is 18.1 Å². The predicted molar refractivity (Wildman–Crippen MR) is 68.9 cm³/mol. The fourth-order valence-electron chi connectivity index (χ4n) is 1.48. The zero-order chi connectivity index (χ0) is 12.9. The van der Waals surface area contributed by atoms with Crippen LogP contribution in [0.3, 0.4) is 0 Å². The lowest BCUT2D eigenvalue weighted by molar-refractivity contribution is 0.318. The van der Waals surface area contributed by atoms with Gasteiger partial charge in [0.2, 0.25) is 10.0 Å². The maximum absolute atomic E-state index is 11.2. The summed E-state index contributed by atoms with van der Waals surface area (Å²) in [5.41, 5.74) is 2.12. The monoisotopic (exact) mass is 257 g/mol. The Morgan fingerprint density at radius 1 is 1.24 bits per heavy atom. The molecule has 0 aromatic heterocycles. The van der Waals surface area contributed by atoms with Gasteiger partial charge in [-0.2, -0.15) is 0 Å². The average Bonchev–Trinajstić information content (AvgIpc) is 2.27. The summed E-state index contributed by atoms with van der Waals surface area (Å²) < 4.78 is 30.4. The zero-order valence-corrected chi connectivity index (χ0v) is 11.3. The van der Waals surface area contributed by atoms with Gasteiger partial charge in [0.1, 0.15) is 12.4 Å². The molecule has 17 heavy (non-hydrogen) atoms. The van der Waals surface area contributed by atoms with E-state index >= 15 is 0 Å². The molecule has 0 aliphatic carbocycles. The first-order valence-corrected chi connectivity index (χ1v) is 7.28. The molecule has 0 aliphatic heterocycles. The highest BCUT2D eigenvalue weighted by atomic mass is 32.2. The van der Waals surface area contributed by atoms with Crippen molar-refractivity contribution in [1.82, 2.24) is 4.72 Å². The van der Waals surface area contributed by atoms with Gasteiger partial charge >= 0.3 is 0 Å². The average molecular weight is 257 g/mol. The van der Waals surface area contributed by atoms with Crippen LogP contribution in [0.25, 0.3) is 0 Å². The number of para-hydroxylation sites is 1. The lowest BCUT2D eigenvalue weighted by atomic mass is 10.1. The van der Waals surface area contributed by atoms with E-state index in [0.29, 0.717) is 13.2 Å². The molecule has 1 N–H and O–H groups in total. The van der Waals surface area contributed by atoms with Crippen molar-refractivity contribution in [2.45, 2.75) is 20.8 Å². The molecule has 5 heteroatoms. The second-order valence-corrected chi connectivity index (χ2v) is 5.96. The van der Waals surface area contributed by atoms with Gasteiger partial charge in [0.25, 0.3) is 0 Å². The number of benzene rings is 1. The molecule has 0 heterocycles. The Bertz CT molecular complexity index is 448.